The van der Waals surface area contributed by atoms with Crippen molar-refractivity contribution < 1.29 is 32.2 Å². The van der Waals surface area contributed by atoms with Crippen LogP contribution in [0.2, 0.25) is 0 Å². The molecule has 1 fully saturated rings. The van der Waals surface area contributed by atoms with Crippen molar-refractivity contribution in [2.75, 3.05) is 45.3 Å². The van der Waals surface area contributed by atoms with Gasteiger partial charge in [-0.1, -0.05) is 26.2 Å². The second-order valence-corrected chi connectivity index (χ2v) is 10.7. The monoisotopic (exact) mass is 598 g/mol. The van der Waals surface area contributed by atoms with Crippen LogP contribution in [-0.4, -0.2) is 83.7 Å². The molecule has 0 radical (unpaired) electrons. The third kappa shape index (κ3) is 10.1. The number of unbranched alkanes of at least 4 members (excludes halogenated alkanes) is 4. The second kappa shape index (κ2) is 16.6. The highest BCUT2D eigenvalue weighted by molar-refractivity contribution is 5.92. The highest BCUT2D eigenvalue weighted by atomic mass is 19.4. The summed E-state index contributed by atoms with van der Waals surface area (Å²) >= 11 is 0. The summed E-state index contributed by atoms with van der Waals surface area (Å²) in [5.41, 5.74) is 3.83. The predicted octanol–water partition coefficient (Wildman–Crippen LogP) is 4.60. The lowest BCUT2D eigenvalue weighted by atomic mass is 10.0. The normalized spacial score (nSPS) is 14.5. The SMILES string of the molecule is CCc1nc2c(cnn2CC)c(NC2CCOCC2)c1CNC(=O)CCCCCCCN(C)CCOC(=O)C(F)(F)F. The third-order valence-electron chi connectivity index (χ3n) is 7.52. The smallest absolute Gasteiger partial charge is 0.458 e. The van der Waals surface area contributed by atoms with Gasteiger partial charge in [-0.05, 0) is 52.6 Å². The minimum Gasteiger partial charge on any atom is -0.458 e. The number of alkyl halides is 3. The summed E-state index contributed by atoms with van der Waals surface area (Å²) < 4.78 is 48.1. The molecule has 10 nitrogen and oxygen atoms in total. The minimum atomic E-state index is -4.95. The first-order chi connectivity index (χ1) is 20.1. The number of carbonyl (C=O) groups is 2. The number of likely N-dealkylation sites (N-methyl/N-ethyl adjacent to an activating group) is 1. The van der Waals surface area contributed by atoms with E-state index in [9.17, 15) is 22.8 Å². The number of fused-ring (bicyclic) bond motifs is 1. The van der Waals surface area contributed by atoms with Gasteiger partial charge in [-0.3, -0.25) is 4.79 Å². The summed E-state index contributed by atoms with van der Waals surface area (Å²) in [6.45, 7) is 7.36. The maximum Gasteiger partial charge on any atom is 0.490 e. The molecule has 2 N–H and O–H groups in total. The van der Waals surface area contributed by atoms with Crippen LogP contribution in [0.15, 0.2) is 6.20 Å². The molecule has 42 heavy (non-hydrogen) atoms. The largest absolute Gasteiger partial charge is 0.490 e. The number of carbonyl (C=O) groups excluding carboxylic acids is 2. The van der Waals surface area contributed by atoms with Crippen molar-refractivity contribution in [3.63, 3.8) is 0 Å². The van der Waals surface area contributed by atoms with E-state index in [0.29, 0.717) is 25.6 Å². The molecular weight excluding hydrogens is 553 g/mol. The molecule has 0 unspecified atom stereocenters. The van der Waals surface area contributed by atoms with E-state index in [2.05, 4.69) is 27.4 Å². The molecular formula is C29H45F3N6O4. The lowest BCUT2D eigenvalue weighted by Crippen LogP contribution is -2.30. The summed E-state index contributed by atoms with van der Waals surface area (Å²) in [4.78, 5) is 30.2. The zero-order chi connectivity index (χ0) is 30.5. The van der Waals surface area contributed by atoms with E-state index in [1.54, 1.807) is 7.05 Å². The molecule has 2 aromatic heterocycles. The van der Waals surface area contributed by atoms with Crippen LogP contribution in [0.3, 0.4) is 0 Å². The molecule has 1 amide bonds. The van der Waals surface area contributed by atoms with Crippen LogP contribution in [-0.2, 0) is 38.6 Å². The summed E-state index contributed by atoms with van der Waals surface area (Å²) in [5.74, 6) is -2.15. The number of ether oxygens (including phenoxy) is 2. The van der Waals surface area contributed by atoms with Crippen LogP contribution in [0, 0.1) is 0 Å². The number of hydrogen-bond acceptors (Lipinski definition) is 8. The summed E-state index contributed by atoms with van der Waals surface area (Å²) in [6, 6.07) is 0.292. The molecule has 236 valence electrons. The van der Waals surface area contributed by atoms with Gasteiger partial charge < -0.3 is 25.0 Å². The van der Waals surface area contributed by atoms with Gasteiger partial charge in [0.05, 0.1) is 17.3 Å². The van der Waals surface area contributed by atoms with Crippen LogP contribution in [0.25, 0.3) is 11.0 Å². The molecule has 0 aromatic carbocycles. The number of nitrogens with zero attached hydrogens (tertiary/aromatic N) is 4. The Labute approximate surface area is 245 Å². The Hall–Kier alpha value is -2.93. The van der Waals surface area contributed by atoms with Crippen LogP contribution < -0.4 is 10.6 Å². The maximum absolute atomic E-state index is 12.7. The Morgan fingerprint density at radius 1 is 1.12 bits per heavy atom. The molecule has 0 saturated carbocycles. The molecule has 13 heteroatoms. The number of esters is 1. The van der Waals surface area contributed by atoms with E-state index in [0.717, 1.165) is 99.1 Å². The Morgan fingerprint density at radius 2 is 1.83 bits per heavy atom. The molecule has 3 heterocycles. The van der Waals surface area contributed by atoms with Gasteiger partial charge in [-0.2, -0.15) is 18.3 Å². The van der Waals surface area contributed by atoms with E-state index in [4.69, 9.17) is 9.72 Å². The van der Waals surface area contributed by atoms with Crippen molar-refractivity contribution in [3.05, 3.63) is 17.5 Å². The van der Waals surface area contributed by atoms with E-state index in [1.165, 1.54) is 0 Å². The van der Waals surface area contributed by atoms with Crippen molar-refractivity contribution >= 4 is 28.6 Å². The fourth-order valence-electron chi connectivity index (χ4n) is 5.06. The lowest BCUT2D eigenvalue weighted by Gasteiger charge is -2.26. The fraction of sp³-hybridized carbons (Fsp3) is 0.724. The zero-order valence-corrected chi connectivity index (χ0v) is 25.0. The Balaban J connectivity index is 1.42. The first kappa shape index (κ1) is 33.6. The zero-order valence-electron chi connectivity index (χ0n) is 25.0. The molecule has 0 bridgehead atoms. The minimum absolute atomic E-state index is 0.00607. The first-order valence-corrected chi connectivity index (χ1v) is 15.0. The fourth-order valence-corrected chi connectivity index (χ4v) is 5.06. The van der Waals surface area contributed by atoms with Crippen LogP contribution in [0.5, 0.6) is 0 Å². The summed E-state index contributed by atoms with van der Waals surface area (Å²) in [7, 11) is 1.78. The number of rotatable bonds is 17. The average molecular weight is 599 g/mol. The van der Waals surface area contributed by atoms with Crippen molar-refractivity contribution in [2.24, 2.45) is 0 Å². The number of amides is 1. The average Bonchev–Trinajstić information content (AvgIpc) is 3.38. The molecule has 1 aliphatic heterocycles. The molecule has 0 spiro atoms. The molecule has 3 rings (SSSR count). The van der Waals surface area contributed by atoms with Gasteiger partial charge in [0.15, 0.2) is 5.65 Å². The molecule has 2 aromatic rings. The maximum atomic E-state index is 12.7. The lowest BCUT2D eigenvalue weighted by molar-refractivity contribution is -0.199. The van der Waals surface area contributed by atoms with Crippen LogP contribution >= 0.6 is 0 Å². The number of hydrogen-bond donors (Lipinski definition) is 2. The number of aryl methyl sites for hydroxylation is 2. The summed E-state index contributed by atoms with van der Waals surface area (Å²) in [5, 5.41) is 12.3. The van der Waals surface area contributed by atoms with E-state index >= 15 is 0 Å². The number of anilines is 1. The van der Waals surface area contributed by atoms with E-state index in [-0.39, 0.29) is 19.1 Å². The van der Waals surface area contributed by atoms with Crippen molar-refractivity contribution in [1.82, 2.24) is 25.0 Å². The highest BCUT2D eigenvalue weighted by Gasteiger charge is 2.40. The Kier molecular flexibility index (Phi) is 13.3. The van der Waals surface area contributed by atoms with Gasteiger partial charge in [0, 0.05) is 56.6 Å². The first-order valence-electron chi connectivity index (χ1n) is 15.0. The third-order valence-corrected chi connectivity index (χ3v) is 7.52. The van der Waals surface area contributed by atoms with Gasteiger partial charge in [-0.25, -0.2) is 14.5 Å². The molecule has 0 atom stereocenters. The quantitative estimate of drug-likeness (QED) is 0.201. The van der Waals surface area contributed by atoms with Crippen LogP contribution in [0.1, 0.15) is 76.5 Å². The second-order valence-electron chi connectivity index (χ2n) is 10.7. The standard InChI is InChI=1S/C29H45F3N6O4/c1-4-24-22(26(35-21-12-16-41-17-13-21)23-20-34-38(5-2)27(23)36-24)19-33-25(39)11-9-7-6-8-10-14-37(3)15-18-42-28(40)29(30,31)32/h20-21H,4-19H2,1-3H3,(H,33,39)(H,35,36). The topological polar surface area (TPSA) is 111 Å². The van der Waals surface area contributed by atoms with Gasteiger partial charge in [0.2, 0.25) is 5.91 Å². The van der Waals surface area contributed by atoms with Crippen molar-refractivity contribution in [1.29, 1.82) is 0 Å². The Morgan fingerprint density at radius 3 is 2.52 bits per heavy atom. The number of nitrogens with one attached hydrogen (secondary N) is 2. The van der Waals surface area contributed by atoms with E-state index in [1.807, 2.05) is 22.7 Å². The van der Waals surface area contributed by atoms with Gasteiger partial charge in [-0.15, -0.1) is 0 Å². The van der Waals surface area contributed by atoms with Crippen molar-refractivity contribution in [2.45, 2.75) is 96.9 Å². The number of pyridine rings is 1. The highest BCUT2D eigenvalue weighted by Crippen LogP contribution is 2.31. The van der Waals surface area contributed by atoms with Gasteiger partial charge >= 0.3 is 12.1 Å². The molecule has 0 aliphatic carbocycles. The molecule has 1 saturated heterocycles. The van der Waals surface area contributed by atoms with Gasteiger partial charge in [0.1, 0.15) is 6.61 Å². The van der Waals surface area contributed by atoms with Crippen LogP contribution in [0.4, 0.5) is 18.9 Å². The Bertz CT molecular complexity index is 1150. The number of halogens is 3. The predicted molar refractivity (Wildman–Crippen MR) is 154 cm³/mol. The summed E-state index contributed by atoms with van der Waals surface area (Å²) in [6.07, 6.45) is 4.43. The van der Waals surface area contributed by atoms with Gasteiger partial charge in [0.25, 0.3) is 0 Å². The van der Waals surface area contributed by atoms with Crippen molar-refractivity contribution in [3.8, 4) is 0 Å². The molecule has 1 aliphatic rings. The van der Waals surface area contributed by atoms with E-state index < -0.39 is 12.1 Å². The number of aromatic nitrogens is 3.